The highest BCUT2D eigenvalue weighted by atomic mass is 32.2. The summed E-state index contributed by atoms with van der Waals surface area (Å²) in [6.07, 6.45) is 2.80. The summed E-state index contributed by atoms with van der Waals surface area (Å²) in [4.78, 5) is 0.206. The van der Waals surface area contributed by atoms with Gasteiger partial charge in [-0.05, 0) is 54.1 Å². The Kier molecular flexibility index (Phi) is 4.76. The van der Waals surface area contributed by atoms with E-state index in [0.717, 1.165) is 22.9 Å². The predicted octanol–water partition coefficient (Wildman–Crippen LogP) is 4.89. The Hall–Kier alpha value is -3.32. The van der Waals surface area contributed by atoms with Gasteiger partial charge in [0.25, 0.3) is 0 Å². The van der Waals surface area contributed by atoms with E-state index in [2.05, 4.69) is 5.10 Å². The monoisotopic (exact) mass is 410 g/mol. The van der Waals surface area contributed by atoms with E-state index < -0.39 is 9.84 Å². The molecule has 4 aromatic rings. The molecule has 3 aromatic carbocycles. The lowest BCUT2D eigenvalue weighted by molar-refractivity contribution is 0.602. The molecule has 0 saturated heterocycles. The largest absolute Gasteiger partial charge is 0.232 e. The van der Waals surface area contributed by atoms with Crippen molar-refractivity contribution in [3.63, 3.8) is 0 Å². The third-order valence-electron chi connectivity index (χ3n) is 4.55. The molecule has 29 heavy (non-hydrogen) atoms. The Bertz CT molecular complexity index is 1200. The summed E-state index contributed by atoms with van der Waals surface area (Å²) in [5.74, 6) is -0.711. The van der Waals surface area contributed by atoms with Crippen LogP contribution in [0.2, 0.25) is 0 Å². The molecule has 0 spiro atoms. The van der Waals surface area contributed by atoms with Gasteiger partial charge in [-0.3, -0.25) is 0 Å². The standard InChI is InChI=1S/C22H16F2N2O2S/c1-29(27,28)20-12-4-16(5-13-20)22-21(15-2-6-17(23)7-3-15)14-25-26(22)19-10-8-18(24)9-11-19/h2-14H,1H3. The first-order chi connectivity index (χ1) is 13.8. The van der Waals surface area contributed by atoms with Crippen LogP contribution < -0.4 is 0 Å². The van der Waals surface area contributed by atoms with Crippen molar-refractivity contribution in [1.82, 2.24) is 9.78 Å². The average Bonchev–Trinajstić information content (AvgIpc) is 3.13. The number of rotatable bonds is 4. The zero-order chi connectivity index (χ0) is 20.6. The summed E-state index contributed by atoms with van der Waals surface area (Å²) in [5, 5.41) is 4.44. The number of nitrogens with zero attached hydrogens (tertiary/aromatic N) is 2. The molecule has 0 unspecified atom stereocenters. The average molecular weight is 410 g/mol. The molecule has 0 aliphatic carbocycles. The van der Waals surface area contributed by atoms with Crippen LogP contribution in [-0.4, -0.2) is 24.5 Å². The summed E-state index contributed by atoms with van der Waals surface area (Å²) in [6.45, 7) is 0. The van der Waals surface area contributed by atoms with E-state index in [1.165, 1.54) is 36.4 Å². The Morgan fingerprint density at radius 1 is 0.759 bits per heavy atom. The van der Waals surface area contributed by atoms with Gasteiger partial charge in [-0.2, -0.15) is 5.10 Å². The van der Waals surface area contributed by atoms with Gasteiger partial charge < -0.3 is 0 Å². The van der Waals surface area contributed by atoms with Gasteiger partial charge >= 0.3 is 0 Å². The van der Waals surface area contributed by atoms with Gasteiger partial charge in [-0.25, -0.2) is 21.9 Å². The number of aromatic nitrogens is 2. The lowest BCUT2D eigenvalue weighted by Crippen LogP contribution is -2.01. The number of benzene rings is 3. The molecule has 0 bridgehead atoms. The summed E-state index contributed by atoms with van der Waals surface area (Å²) in [5.41, 5.74) is 3.53. The van der Waals surface area contributed by atoms with E-state index in [4.69, 9.17) is 0 Å². The van der Waals surface area contributed by atoms with Crippen LogP contribution in [0.15, 0.2) is 83.9 Å². The van der Waals surface area contributed by atoms with Crippen LogP contribution in [0.3, 0.4) is 0 Å². The van der Waals surface area contributed by atoms with Gasteiger partial charge in [0.2, 0.25) is 0 Å². The summed E-state index contributed by atoms with van der Waals surface area (Å²) in [6, 6.07) is 18.4. The normalized spacial score (nSPS) is 11.6. The molecule has 0 atom stereocenters. The van der Waals surface area contributed by atoms with Crippen LogP contribution in [0, 0.1) is 11.6 Å². The molecule has 7 heteroatoms. The zero-order valence-corrected chi connectivity index (χ0v) is 16.2. The minimum Gasteiger partial charge on any atom is -0.232 e. The van der Waals surface area contributed by atoms with Crippen molar-refractivity contribution in [2.75, 3.05) is 6.26 Å². The maximum absolute atomic E-state index is 13.4. The van der Waals surface area contributed by atoms with Crippen molar-refractivity contribution in [1.29, 1.82) is 0 Å². The lowest BCUT2D eigenvalue weighted by atomic mass is 10.0. The molecule has 0 amide bonds. The molecule has 0 radical (unpaired) electrons. The highest BCUT2D eigenvalue weighted by Crippen LogP contribution is 2.34. The molecule has 1 heterocycles. The molecular formula is C22H16F2N2O2S. The summed E-state index contributed by atoms with van der Waals surface area (Å²) < 4.78 is 52.0. The summed E-state index contributed by atoms with van der Waals surface area (Å²) in [7, 11) is -3.33. The van der Waals surface area contributed by atoms with Gasteiger partial charge in [0.05, 0.1) is 22.5 Å². The first-order valence-electron chi connectivity index (χ1n) is 8.73. The second-order valence-electron chi connectivity index (χ2n) is 6.60. The quantitative estimate of drug-likeness (QED) is 0.481. The highest BCUT2D eigenvalue weighted by molar-refractivity contribution is 7.90. The Labute approximate surface area is 167 Å². The van der Waals surface area contributed by atoms with Crippen molar-refractivity contribution in [2.24, 2.45) is 0 Å². The predicted molar refractivity (Wildman–Crippen MR) is 107 cm³/mol. The van der Waals surface area contributed by atoms with Crippen LogP contribution in [0.1, 0.15) is 0 Å². The molecule has 0 saturated carbocycles. The van der Waals surface area contributed by atoms with Crippen molar-refractivity contribution in [3.05, 3.63) is 90.6 Å². The van der Waals surface area contributed by atoms with E-state index in [0.29, 0.717) is 11.4 Å². The topological polar surface area (TPSA) is 52.0 Å². The maximum Gasteiger partial charge on any atom is 0.175 e. The van der Waals surface area contributed by atoms with Crippen LogP contribution in [-0.2, 0) is 9.84 Å². The van der Waals surface area contributed by atoms with Gasteiger partial charge in [0, 0.05) is 17.4 Å². The molecule has 4 nitrogen and oxygen atoms in total. The Balaban J connectivity index is 1.92. The molecule has 0 N–H and O–H groups in total. The van der Waals surface area contributed by atoms with E-state index in [9.17, 15) is 17.2 Å². The van der Waals surface area contributed by atoms with Crippen molar-refractivity contribution in [3.8, 4) is 28.1 Å². The SMILES string of the molecule is CS(=O)(=O)c1ccc(-c2c(-c3ccc(F)cc3)cnn2-c2ccc(F)cc2)cc1. The molecule has 0 fully saturated rings. The molecule has 4 rings (SSSR count). The van der Waals surface area contributed by atoms with E-state index >= 15 is 0 Å². The zero-order valence-electron chi connectivity index (χ0n) is 15.4. The van der Waals surface area contributed by atoms with Crippen LogP contribution in [0.5, 0.6) is 0 Å². The first-order valence-corrected chi connectivity index (χ1v) is 10.6. The fraction of sp³-hybridized carbons (Fsp3) is 0.0455. The molecule has 0 aliphatic rings. The highest BCUT2D eigenvalue weighted by Gasteiger charge is 2.17. The fourth-order valence-electron chi connectivity index (χ4n) is 3.10. The van der Waals surface area contributed by atoms with E-state index in [-0.39, 0.29) is 16.5 Å². The Morgan fingerprint density at radius 2 is 1.28 bits per heavy atom. The molecular weight excluding hydrogens is 394 g/mol. The number of hydrogen-bond donors (Lipinski definition) is 0. The molecule has 146 valence electrons. The number of halogens is 2. The van der Waals surface area contributed by atoms with E-state index in [1.54, 1.807) is 47.3 Å². The minimum atomic E-state index is -3.33. The molecule has 1 aromatic heterocycles. The second-order valence-corrected chi connectivity index (χ2v) is 8.61. The Morgan fingerprint density at radius 3 is 1.83 bits per heavy atom. The van der Waals surface area contributed by atoms with Gasteiger partial charge in [0.1, 0.15) is 11.6 Å². The smallest absolute Gasteiger partial charge is 0.175 e. The second kappa shape index (κ2) is 7.25. The van der Waals surface area contributed by atoms with Crippen LogP contribution >= 0.6 is 0 Å². The van der Waals surface area contributed by atoms with E-state index in [1.807, 2.05) is 0 Å². The van der Waals surface area contributed by atoms with Gasteiger partial charge in [-0.15, -0.1) is 0 Å². The van der Waals surface area contributed by atoms with Crippen molar-refractivity contribution in [2.45, 2.75) is 4.90 Å². The fourth-order valence-corrected chi connectivity index (χ4v) is 3.74. The maximum atomic E-state index is 13.4. The number of hydrogen-bond acceptors (Lipinski definition) is 3. The minimum absolute atomic E-state index is 0.206. The van der Waals surface area contributed by atoms with Crippen molar-refractivity contribution < 1.29 is 17.2 Å². The number of sulfone groups is 1. The van der Waals surface area contributed by atoms with Crippen LogP contribution in [0.4, 0.5) is 8.78 Å². The van der Waals surface area contributed by atoms with Crippen molar-refractivity contribution >= 4 is 9.84 Å². The lowest BCUT2D eigenvalue weighted by Gasteiger charge is -2.11. The third kappa shape index (κ3) is 3.82. The van der Waals surface area contributed by atoms with Gasteiger partial charge in [0.15, 0.2) is 9.84 Å². The third-order valence-corrected chi connectivity index (χ3v) is 5.68. The first kappa shape index (κ1) is 19.0. The summed E-state index contributed by atoms with van der Waals surface area (Å²) >= 11 is 0. The van der Waals surface area contributed by atoms with Crippen LogP contribution in [0.25, 0.3) is 28.1 Å². The molecule has 0 aliphatic heterocycles. The van der Waals surface area contributed by atoms with Gasteiger partial charge in [-0.1, -0.05) is 24.3 Å².